The van der Waals surface area contributed by atoms with Crippen LogP contribution in [0, 0.1) is 23.3 Å². The minimum Gasteiger partial charge on any atom is -0.483 e. The summed E-state index contributed by atoms with van der Waals surface area (Å²) in [4.78, 5) is 22.4. The molecule has 1 aromatic rings. The van der Waals surface area contributed by atoms with Crippen LogP contribution in [-0.4, -0.2) is 24.1 Å². The number of rotatable bonds is 4. The lowest BCUT2D eigenvalue weighted by Gasteiger charge is -2.24. The number of hydrogen-bond donors (Lipinski definition) is 1. The molecule has 1 aliphatic rings. The average molecular weight is 307 g/mol. The average Bonchev–Trinajstić information content (AvgIpc) is 2.79. The monoisotopic (exact) mass is 307 g/mol. The molecule has 0 bridgehead atoms. The van der Waals surface area contributed by atoms with Crippen LogP contribution >= 0.6 is 0 Å². The maximum Gasteiger partial charge on any atom is 0.307 e. The van der Waals surface area contributed by atoms with Crippen molar-refractivity contribution in [3.8, 4) is 5.75 Å². The zero-order chi connectivity index (χ0) is 15.8. The van der Waals surface area contributed by atoms with Gasteiger partial charge in [0.05, 0.1) is 6.42 Å². The van der Waals surface area contributed by atoms with Crippen molar-refractivity contribution >= 4 is 11.9 Å². The fourth-order valence-electron chi connectivity index (χ4n) is 1.84. The third-order valence-corrected chi connectivity index (χ3v) is 3.01. The van der Waals surface area contributed by atoms with E-state index in [1.54, 1.807) is 0 Å². The molecule has 1 atom stereocenters. The smallest absolute Gasteiger partial charge is 0.307 e. The molecule has 1 heterocycles. The number of amides is 1. The highest BCUT2D eigenvalue weighted by atomic mass is 19.2. The van der Waals surface area contributed by atoms with E-state index in [4.69, 9.17) is 10.5 Å². The number of halogens is 4. The van der Waals surface area contributed by atoms with Gasteiger partial charge in [-0.2, -0.15) is 8.78 Å². The molecule has 9 heteroatoms. The molecule has 1 unspecified atom stereocenters. The van der Waals surface area contributed by atoms with Crippen LogP contribution in [0.1, 0.15) is 12.8 Å². The molecule has 1 fully saturated rings. The van der Waals surface area contributed by atoms with Gasteiger partial charge in [-0.3, -0.25) is 9.59 Å². The molecule has 114 valence electrons. The number of primary amides is 1. The summed E-state index contributed by atoms with van der Waals surface area (Å²) < 4.78 is 62.1. The van der Waals surface area contributed by atoms with Gasteiger partial charge in [0.15, 0.2) is 17.4 Å². The van der Waals surface area contributed by atoms with Crippen LogP contribution in [0.15, 0.2) is 6.07 Å². The zero-order valence-electron chi connectivity index (χ0n) is 10.4. The first kappa shape index (κ1) is 15.1. The van der Waals surface area contributed by atoms with E-state index in [-0.39, 0.29) is 18.9 Å². The van der Waals surface area contributed by atoms with Crippen molar-refractivity contribution in [2.45, 2.75) is 18.4 Å². The molecule has 21 heavy (non-hydrogen) atoms. The molecule has 5 nitrogen and oxygen atoms in total. The van der Waals surface area contributed by atoms with Crippen LogP contribution in [-0.2, 0) is 14.3 Å². The highest BCUT2D eigenvalue weighted by Gasteiger charge is 2.47. The van der Waals surface area contributed by atoms with Gasteiger partial charge in [0, 0.05) is 12.5 Å². The number of hydrogen-bond acceptors (Lipinski definition) is 4. The van der Waals surface area contributed by atoms with E-state index >= 15 is 0 Å². The second-order valence-corrected chi connectivity index (χ2v) is 4.42. The Morgan fingerprint density at radius 3 is 2.29 bits per heavy atom. The van der Waals surface area contributed by atoms with Gasteiger partial charge in [-0.15, -0.1) is 0 Å². The zero-order valence-corrected chi connectivity index (χ0v) is 10.4. The van der Waals surface area contributed by atoms with Crippen LogP contribution in [0.3, 0.4) is 0 Å². The van der Waals surface area contributed by atoms with Gasteiger partial charge in [0.25, 0.3) is 5.91 Å². The predicted molar refractivity (Wildman–Crippen MR) is 59.0 cm³/mol. The Hall–Kier alpha value is -2.32. The third kappa shape index (κ3) is 2.63. The molecule has 1 aromatic carbocycles. The van der Waals surface area contributed by atoms with Crippen molar-refractivity contribution in [3.63, 3.8) is 0 Å². The largest absolute Gasteiger partial charge is 0.483 e. The Morgan fingerprint density at radius 1 is 1.29 bits per heavy atom. The van der Waals surface area contributed by atoms with Crippen molar-refractivity contribution in [1.82, 2.24) is 0 Å². The van der Waals surface area contributed by atoms with E-state index in [0.717, 1.165) is 0 Å². The first-order chi connectivity index (χ1) is 9.77. The highest BCUT2D eigenvalue weighted by molar-refractivity contribution is 5.89. The molecule has 1 amide bonds. The van der Waals surface area contributed by atoms with Crippen molar-refractivity contribution in [2.75, 3.05) is 6.61 Å². The SMILES string of the molecule is NC(=O)C1(COc2c(F)c(F)cc(F)c2F)CCC(=O)O1. The molecule has 0 aliphatic carbocycles. The number of esters is 1. The number of cyclic esters (lactones) is 1. The quantitative estimate of drug-likeness (QED) is 0.515. The third-order valence-electron chi connectivity index (χ3n) is 3.01. The first-order valence-electron chi connectivity index (χ1n) is 5.74. The van der Waals surface area contributed by atoms with Gasteiger partial charge in [-0.25, -0.2) is 8.78 Å². The van der Waals surface area contributed by atoms with E-state index in [9.17, 15) is 27.2 Å². The highest BCUT2D eigenvalue weighted by Crippen LogP contribution is 2.31. The fraction of sp³-hybridized carbons (Fsp3) is 0.333. The molecule has 0 radical (unpaired) electrons. The molecular formula is C12H9F4NO4. The number of benzene rings is 1. The van der Waals surface area contributed by atoms with E-state index in [1.807, 2.05) is 0 Å². The lowest BCUT2D eigenvalue weighted by atomic mass is 10.0. The van der Waals surface area contributed by atoms with Crippen molar-refractivity contribution < 1.29 is 36.6 Å². The molecule has 1 aliphatic heterocycles. The first-order valence-corrected chi connectivity index (χ1v) is 5.74. The van der Waals surface area contributed by atoms with Crippen molar-refractivity contribution in [2.24, 2.45) is 5.73 Å². The Labute approximate surface area is 115 Å². The van der Waals surface area contributed by atoms with E-state index in [1.165, 1.54) is 0 Å². The lowest BCUT2D eigenvalue weighted by molar-refractivity contribution is -0.159. The number of carbonyl (C=O) groups excluding carboxylic acids is 2. The van der Waals surface area contributed by atoms with Gasteiger partial charge in [-0.05, 0) is 0 Å². The van der Waals surface area contributed by atoms with E-state index < -0.39 is 53.1 Å². The minimum atomic E-state index is -1.92. The van der Waals surface area contributed by atoms with Crippen LogP contribution < -0.4 is 10.5 Å². The van der Waals surface area contributed by atoms with E-state index in [0.29, 0.717) is 0 Å². The second-order valence-electron chi connectivity index (χ2n) is 4.42. The van der Waals surface area contributed by atoms with Gasteiger partial charge >= 0.3 is 5.97 Å². The molecule has 0 spiro atoms. The second kappa shape index (κ2) is 5.23. The Bertz CT molecular complexity index is 596. The molecule has 2 rings (SSSR count). The van der Waals surface area contributed by atoms with Gasteiger partial charge in [0.2, 0.25) is 17.2 Å². The summed E-state index contributed by atoms with van der Waals surface area (Å²) >= 11 is 0. The van der Waals surface area contributed by atoms with Gasteiger partial charge < -0.3 is 15.2 Å². The molecule has 1 saturated heterocycles. The van der Waals surface area contributed by atoms with Gasteiger partial charge in [0.1, 0.15) is 6.61 Å². The molecule has 0 saturated carbocycles. The summed E-state index contributed by atoms with van der Waals surface area (Å²) in [5, 5.41) is 0. The van der Waals surface area contributed by atoms with Crippen LogP contribution in [0.2, 0.25) is 0 Å². The van der Waals surface area contributed by atoms with Crippen LogP contribution in [0.25, 0.3) is 0 Å². The summed E-state index contributed by atoms with van der Waals surface area (Å²) in [5.74, 6) is -10.1. The predicted octanol–water partition coefficient (Wildman–Crippen LogP) is 1.18. The maximum atomic E-state index is 13.4. The summed E-state index contributed by atoms with van der Waals surface area (Å²) in [6.07, 6.45) is -0.309. The van der Waals surface area contributed by atoms with Crippen LogP contribution in [0.5, 0.6) is 5.75 Å². The molecule has 0 aromatic heterocycles. The number of nitrogens with two attached hydrogens (primary N) is 1. The molecular weight excluding hydrogens is 298 g/mol. The van der Waals surface area contributed by atoms with Crippen molar-refractivity contribution in [3.05, 3.63) is 29.3 Å². The Balaban J connectivity index is 2.27. The lowest BCUT2D eigenvalue weighted by Crippen LogP contribution is -2.48. The summed E-state index contributed by atoms with van der Waals surface area (Å²) in [6, 6.07) is 0.0109. The minimum absolute atomic E-state index is 0.0109. The molecule has 2 N–H and O–H groups in total. The van der Waals surface area contributed by atoms with Crippen molar-refractivity contribution in [1.29, 1.82) is 0 Å². The Kier molecular flexibility index (Phi) is 3.75. The standard InChI is InChI=1S/C12H9F4NO4/c13-5-3-6(14)9(16)10(8(5)15)20-4-12(11(17)19)2-1-7(18)21-12/h3H,1-2,4H2,(H2,17,19). The topological polar surface area (TPSA) is 78.6 Å². The van der Waals surface area contributed by atoms with Gasteiger partial charge in [-0.1, -0.05) is 0 Å². The Morgan fingerprint density at radius 2 is 1.86 bits per heavy atom. The number of ether oxygens (including phenoxy) is 2. The summed E-state index contributed by atoms with van der Waals surface area (Å²) in [7, 11) is 0. The van der Waals surface area contributed by atoms with E-state index in [2.05, 4.69) is 4.74 Å². The number of carbonyl (C=O) groups is 2. The fourth-order valence-corrected chi connectivity index (χ4v) is 1.84. The normalized spacial score (nSPS) is 21.2. The summed E-state index contributed by atoms with van der Waals surface area (Å²) in [5.41, 5.74) is 3.15. The van der Waals surface area contributed by atoms with Crippen LogP contribution in [0.4, 0.5) is 17.6 Å². The maximum absolute atomic E-state index is 13.4. The summed E-state index contributed by atoms with van der Waals surface area (Å²) in [6.45, 7) is -0.856.